The molecule has 154 valence electrons. The molecule has 0 aromatic carbocycles. The van der Waals surface area contributed by atoms with Gasteiger partial charge < -0.3 is 19.1 Å². The van der Waals surface area contributed by atoms with Crippen LogP contribution in [-0.4, -0.2) is 91.3 Å². The van der Waals surface area contributed by atoms with Gasteiger partial charge in [-0.3, -0.25) is 9.35 Å². The van der Waals surface area contributed by atoms with Crippen LogP contribution in [0.4, 0.5) is 0 Å². The number of halogens is 1. The van der Waals surface area contributed by atoms with E-state index in [1.165, 1.54) is 4.42 Å². The summed E-state index contributed by atoms with van der Waals surface area (Å²) in [6.07, 6.45) is 0. The predicted octanol–water partition coefficient (Wildman–Crippen LogP) is 0.737. The minimum atomic E-state index is -3.99. The summed E-state index contributed by atoms with van der Waals surface area (Å²) < 4.78 is 46.8. The summed E-state index contributed by atoms with van der Waals surface area (Å²) in [5.74, 6) is -0.475. The zero-order chi connectivity index (χ0) is 20.0. The SMILES string of the molecule is CC1(C)C(=O)N(CCOCCOCCOCCS(=O)(=O)O)C(C)(C)N1Cl. The van der Waals surface area contributed by atoms with Gasteiger partial charge in [0.25, 0.3) is 10.1 Å². The summed E-state index contributed by atoms with van der Waals surface area (Å²) in [5, 5.41) is 0. The molecule has 1 saturated heterocycles. The number of hydrogen-bond donors (Lipinski definition) is 1. The first-order chi connectivity index (χ1) is 11.9. The monoisotopic (exact) mass is 416 g/mol. The fraction of sp³-hybridized carbons (Fsp3) is 0.933. The van der Waals surface area contributed by atoms with E-state index in [2.05, 4.69) is 0 Å². The standard InChI is InChI=1S/C15H29ClN2O7S/c1-14(2)13(19)17(15(3,4)18(14)16)5-6-23-7-8-24-9-10-25-11-12-26(20,21)22/h5-12H2,1-4H3,(H,20,21,22). The normalized spacial score (nSPS) is 20.1. The summed E-state index contributed by atoms with van der Waals surface area (Å²) in [6, 6.07) is 0. The average molecular weight is 417 g/mol. The van der Waals surface area contributed by atoms with Gasteiger partial charge in [0, 0.05) is 6.54 Å². The van der Waals surface area contributed by atoms with Crippen molar-refractivity contribution in [3.8, 4) is 0 Å². The lowest BCUT2D eigenvalue weighted by atomic mass is 10.1. The van der Waals surface area contributed by atoms with Crippen LogP contribution in [0.3, 0.4) is 0 Å². The third-order valence-electron chi connectivity index (χ3n) is 4.09. The number of carbonyl (C=O) groups is 1. The summed E-state index contributed by atoms with van der Waals surface area (Å²) in [7, 11) is -3.99. The molecule has 26 heavy (non-hydrogen) atoms. The quantitative estimate of drug-likeness (QED) is 0.282. The van der Waals surface area contributed by atoms with Gasteiger partial charge in [0.1, 0.15) is 11.2 Å². The van der Waals surface area contributed by atoms with Gasteiger partial charge in [-0.05, 0) is 39.5 Å². The number of amides is 1. The highest BCUT2D eigenvalue weighted by Gasteiger charge is 2.55. The van der Waals surface area contributed by atoms with E-state index in [1.54, 1.807) is 18.7 Å². The van der Waals surface area contributed by atoms with Crippen LogP contribution in [-0.2, 0) is 29.1 Å². The number of carbonyl (C=O) groups excluding carboxylic acids is 1. The fourth-order valence-electron chi connectivity index (χ4n) is 2.69. The molecule has 0 aromatic rings. The van der Waals surface area contributed by atoms with Crippen molar-refractivity contribution in [3.05, 3.63) is 0 Å². The van der Waals surface area contributed by atoms with Crippen molar-refractivity contribution in [2.75, 3.05) is 51.9 Å². The third kappa shape index (κ3) is 6.59. The molecular formula is C15H29ClN2O7S. The van der Waals surface area contributed by atoms with E-state index in [0.29, 0.717) is 33.0 Å². The van der Waals surface area contributed by atoms with Gasteiger partial charge in [-0.2, -0.15) is 12.8 Å². The van der Waals surface area contributed by atoms with E-state index in [9.17, 15) is 13.2 Å². The van der Waals surface area contributed by atoms with E-state index in [0.717, 1.165) is 0 Å². The van der Waals surface area contributed by atoms with E-state index >= 15 is 0 Å². The molecular weight excluding hydrogens is 388 g/mol. The Balaban J connectivity index is 2.10. The minimum Gasteiger partial charge on any atom is -0.378 e. The molecule has 0 unspecified atom stereocenters. The van der Waals surface area contributed by atoms with Crippen LogP contribution in [0.1, 0.15) is 27.7 Å². The Bertz CT molecular complexity index is 568. The van der Waals surface area contributed by atoms with Gasteiger partial charge in [0.2, 0.25) is 5.91 Å². The Labute approximate surface area is 160 Å². The van der Waals surface area contributed by atoms with Gasteiger partial charge in [-0.15, -0.1) is 0 Å². The number of rotatable bonds is 12. The molecule has 9 nitrogen and oxygen atoms in total. The van der Waals surface area contributed by atoms with Crippen molar-refractivity contribution < 1.29 is 32.0 Å². The Morgan fingerprint density at radius 1 is 0.962 bits per heavy atom. The zero-order valence-corrected chi connectivity index (χ0v) is 17.3. The Morgan fingerprint density at radius 2 is 1.42 bits per heavy atom. The molecule has 0 atom stereocenters. The summed E-state index contributed by atoms with van der Waals surface area (Å²) in [5.41, 5.74) is -1.36. The van der Waals surface area contributed by atoms with E-state index in [4.69, 9.17) is 30.5 Å². The number of hydrogen-bond acceptors (Lipinski definition) is 7. The van der Waals surface area contributed by atoms with Crippen LogP contribution in [0.15, 0.2) is 0 Å². The molecule has 0 aliphatic carbocycles. The minimum absolute atomic E-state index is 0.0422. The lowest BCUT2D eigenvalue weighted by Gasteiger charge is -2.35. The van der Waals surface area contributed by atoms with Crippen molar-refractivity contribution in [1.82, 2.24) is 9.32 Å². The average Bonchev–Trinajstić information content (AvgIpc) is 2.63. The Hall–Kier alpha value is -0.490. The van der Waals surface area contributed by atoms with Crippen molar-refractivity contribution in [3.63, 3.8) is 0 Å². The van der Waals surface area contributed by atoms with Crippen LogP contribution in [0.2, 0.25) is 0 Å². The lowest BCUT2D eigenvalue weighted by Crippen LogP contribution is -2.47. The highest BCUT2D eigenvalue weighted by atomic mass is 35.5. The third-order valence-corrected chi connectivity index (χ3v) is 5.61. The molecule has 1 amide bonds. The molecule has 1 aliphatic heterocycles. The second kappa shape index (κ2) is 9.63. The molecule has 1 fully saturated rings. The molecule has 0 saturated carbocycles. The highest BCUT2D eigenvalue weighted by molar-refractivity contribution is 7.85. The van der Waals surface area contributed by atoms with E-state index in [1.807, 2.05) is 13.8 Å². The summed E-state index contributed by atoms with van der Waals surface area (Å²) in [6.45, 7) is 9.30. The van der Waals surface area contributed by atoms with Crippen molar-refractivity contribution in [1.29, 1.82) is 0 Å². The van der Waals surface area contributed by atoms with Crippen molar-refractivity contribution in [2.45, 2.75) is 38.9 Å². The number of nitrogens with zero attached hydrogens (tertiary/aromatic N) is 2. The van der Waals surface area contributed by atoms with Crippen LogP contribution < -0.4 is 0 Å². The summed E-state index contributed by atoms with van der Waals surface area (Å²) in [4.78, 5) is 14.2. The van der Waals surface area contributed by atoms with Gasteiger partial charge in [-0.1, -0.05) is 0 Å². The first-order valence-electron chi connectivity index (χ1n) is 8.37. The van der Waals surface area contributed by atoms with Gasteiger partial charge >= 0.3 is 0 Å². The maximum atomic E-state index is 12.5. The number of ether oxygens (including phenoxy) is 3. The van der Waals surface area contributed by atoms with Crippen LogP contribution in [0, 0.1) is 0 Å². The highest BCUT2D eigenvalue weighted by Crippen LogP contribution is 2.39. The first kappa shape index (κ1) is 23.5. The van der Waals surface area contributed by atoms with Gasteiger partial charge in [-0.25, -0.2) is 0 Å². The van der Waals surface area contributed by atoms with E-state index in [-0.39, 0.29) is 19.1 Å². The van der Waals surface area contributed by atoms with Crippen LogP contribution >= 0.6 is 11.8 Å². The Kier molecular flexibility index (Phi) is 8.72. The molecule has 0 aromatic heterocycles. The summed E-state index contributed by atoms with van der Waals surface area (Å²) >= 11 is 6.29. The molecule has 1 N–H and O–H groups in total. The molecule has 0 spiro atoms. The predicted molar refractivity (Wildman–Crippen MR) is 96.4 cm³/mol. The fourth-order valence-corrected chi connectivity index (χ4v) is 3.18. The largest absolute Gasteiger partial charge is 0.378 e. The van der Waals surface area contributed by atoms with Crippen LogP contribution in [0.25, 0.3) is 0 Å². The topological polar surface area (TPSA) is 106 Å². The molecule has 0 bridgehead atoms. The second-order valence-corrected chi connectivity index (χ2v) is 8.82. The molecule has 1 aliphatic rings. The first-order valence-corrected chi connectivity index (χ1v) is 10.3. The molecule has 1 heterocycles. The lowest BCUT2D eigenvalue weighted by molar-refractivity contribution is -0.134. The molecule has 11 heteroatoms. The van der Waals surface area contributed by atoms with E-state index < -0.39 is 27.1 Å². The maximum Gasteiger partial charge on any atom is 0.267 e. The maximum absolute atomic E-state index is 12.5. The molecule has 1 rings (SSSR count). The van der Waals surface area contributed by atoms with Crippen molar-refractivity contribution >= 4 is 27.8 Å². The Morgan fingerprint density at radius 3 is 1.85 bits per heavy atom. The van der Waals surface area contributed by atoms with Crippen LogP contribution in [0.5, 0.6) is 0 Å². The molecule has 0 radical (unpaired) electrons. The van der Waals surface area contributed by atoms with Gasteiger partial charge in [0.15, 0.2) is 0 Å². The zero-order valence-electron chi connectivity index (χ0n) is 15.7. The van der Waals surface area contributed by atoms with Crippen molar-refractivity contribution in [2.24, 2.45) is 0 Å². The van der Waals surface area contributed by atoms with Gasteiger partial charge in [0.05, 0.1) is 45.4 Å². The second-order valence-electron chi connectivity index (χ2n) is 6.91. The smallest absolute Gasteiger partial charge is 0.267 e.